The number of Topliss-reactive ketones (excluding diaryl/α,β-unsaturated/α-hetero) is 1. The lowest BCUT2D eigenvalue weighted by Crippen LogP contribution is -2.06. The molecule has 0 aliphatic rings. The van der Waals surface area contributed by atoms with Gasteiger partial charge < -0.3 is 9.47 Å². The average molecular weight is 320 g/mol. The molecule has 0 saturated heterocycles. The maximum absolute atomic E-state index is 12.0. The molecule has 0 fully saturated rings. The highest BCUT2D eigenvalue weighted by Gasteiger charge is 2.08. The van der Waals surface area contributed by atoms with Gasteiger partial charge >= 0.3 is 5.97 Å². The molecule has 1 aromatic rings. The van der Waals surface area contributed by atoms with Crippen LogP contribution in [0.15, 0.2) is 24.3 Å². The van der Waals surface area contributed by atoms with Crippen LogP contribution in [-0.2, 0) is 9.53 Å². The van der Waals surface area contributed by atoms with E-state index in [2.05, 4.69) is 6.92 Å². The molecule has 1 rings (SSSR count). The molecule has 0 N–H and O–H groups in total. The van der Waals surface area contributed by atoms with Crippen molar-refractivity contribution in [1.29, 1.82) is 0 Å². The van der Waals surface area contributed by atoms with E-state index in [1.807, 2.05) is 12.1 Å². The maximum atomic E-state index is 12.0. The van der Waals surface area contributed by atoms with Gasteiger partial charge in [0.05, 0.1) is 13.2 Å². The van der Waals surface area contributed by atoms with Gasteiger partial charge in [-0.05, 0) is 44.0 Å². The van der Waals surface area contributed by atoms with Crippen molar-refractivity contribution in [3.63, 3.8) is 0 Å². The summed E-state index contributed by atoms with van der Waals surface area (Å²) in [6.45, 7) is 5.05. The Labute approximate surface area is 139 Å². The third-order valence-electron chi connectivity index (χ3n) is 3.53. The van der Waals surface area contributed by atoms with Crippen LogP contribution in [0.4, 0.5) is 0 Å². The van der Waals surface area contributed by atoms with Crippen LogP contribution in [-0.4, -0.2) is 25.0 Å². The number of ether oxygens (including phenoxy) is 2. The fourth-order valence-corrected chi connectivity index (χ4v) is 2.23. The van der Waals surface area contributed by atoms with Crippen LogP contribution in [0, 0.1) is 0 Å². The molecule has 0 unspecified atom stereocenters. The van der Waals surface area contributed by atoms with Gasteiger partial charge in [-0.25, -0.2) is 0 Å². The molecule has 0 atom stereocenters. The van der Waals surface area contributed by atoms with Gasteiger partial charge in [0, 0.05) is 18.4 Å². The highest BCUT2D eigenvalue weighted by Crippen LogP contribution is 2.15. The van der Waals surface area contributed by atoms with Crippen molar-refractivity contribution >= 4 is 11.8 Å². The fraction of sp³-hybridized carbons (Fsp3) is 0.579. The molecule has 128 valence electrons. The molecule has 0 radical (unpaired) electrons. The van der Waals surface area contributed by atoms with Crippen LogP contribution in [0.2, 0.25) is 0 Å². The molecular formula is C19H28O4. The number of carbonyl (C=O) groups is 2. The minimum absolute atomic E-state index is 0.0452. The number of esters is 1. The minimum atomic E-state index is -0.243. The lowest BCUT2D eigenvalue weighted by molar-refractivity contribution is -0.143. The van der Waals surface area contributed by atoms with Crippen molar-refractivity contribution in [2.45, 2.75) is 58.8 Å². The normalized spacial score (nSPS) is 10.3. The summed E-state index contributed by atoms with van der Waals surface area (Å²) in [5.74, 6) is 0.598. The van der Waals surface area contributed by atoms with Crippen LogP contribution < -0.4 is 4.74 Å². The van der Waals surface area contributed by atoms with Crippen molar-refractivity contribution in [2.24, 2.45) is 0 Å². The van der Waals surface area contributed by atoms with Crippen LogP contribution in [0.1, 0.15) is 69.2 Å². The number of benzene rings is 1. The average Bonchev–Trinajstić information content (AvgIpc) is 2.55. The topological polar surface area (TPSA) is 52.6 Å². The van der Waals surface area contributed by atoms with Gasteiger partial charge in [-0.1, -0.05) is 26.2 Å². The first-order valence-corrected chi connectivity index (χ1v) is 8.59. The predicted molar refractivity (Wildman–Crippen MR) is 90.9 cm³/mol. The van der Waals surface area contributed by atoms with Crippen molar-refractivity contribution < 1.29 is 19.1 Å². The van der Waals surface area contributed by atoms with Crippen molar-refractivity contribution in [1.82, 2.24) is 0 Å². The Morgan fingerprint density at radius 3 is 2.30 bits per heavy atom. The molecule has 0 amide bonds. The number of carbonyl (C=O) groups excluding carboxylic acids is 2. The first-order chi connectivity index (χ1) is 11.2. The van der Waals surface area contributed by atoms with Gasteiger partial charge in [0.2, 0.25) is 0 Å². The Balaban J connectivity index is 2.29. The Morgan fingerprint density at radius 2 is 1.65 bits per heavy atom. The van der Waals surface area contributed by atoms with E-state index in [0.717, 1.165) is 12.2 Å². The Morgan fingerprint density at radius 1 is 0.913 bits per heavy atom. The van der Waals surface area contributed by atoms with Gasteiger partial charge in [-0.3, -0.25) is 9.59 Å². The Hall–Kier alpha value is -1.84. The van der Waals surface area contributed by atoms with E-state index >= 15 is 0 Å². The maximum Gasteiger partial charge on any atom is 0.305 e. The SMILES string of the molecule is CCCCCCOc1ccc(C(=O)CCCC(=O)OCC)cc1. The second kappa shape index (κ2) is 11.7. The van der Waals surface area contributed by atoms with E-state index in [0.29, 0.717) is 38.0 Å². The number of hydrogen-bond donors (Lipinski definition) is 0. The molecule has 0 aromatic heterocycles. The highest BCUT2D eigenvalue weighted by molar-refractivity contribution is 5.96. The van der Waals surface area contributed by atoms with Crippen molar-refractivity contribution in [2.75, 3.05) is 13.2 Å². The summed E-state index contributed by atoms with van der Waals surface area (Å²) < 4.78 is 10.5. The van der Waals surface area contributed by atoms with E-state index in [9.17, 15) is 9.59 Å². The lowest BCUT2D eigenvalue weighted by atomic mass is 10.1. The molecule has 1 aromatic carbocycles. The molecule has 23 heavy (non-hydrogen) atoms. The summed E-state index contributed by atoms with van der Waals surface area (Å²) in [5, 5.41) is 0. The zero-order valence-electron chi connectivity index (χ0n) is 14.3. The second-order valence-electron chi connectivity index (χ2n) is 5.52. The second-order valence-corrected chi connectivity index (χ2v) is 5.52. The third-order valence-corrected chi connectivity index (χ3v) is 3.53. The first-order valence-electron chi connectivity index (χ1n) is 8.59. The zero-order chi connectivity index (χ0) is 16.9. The van der Waals surface area contributed by atoms with Gasteiger partial charge in [0.25, 0.3) is 0 Å². The Kier molecular flexibility index (Phi) is 9.76. The van der Waals surface area contributed by atoms with E-state index in [1.54, 1.807) is 19.1 Å². The molecule has 4 nitrogen and oxygen atoms in total. The van der Waals surface area contributed by atoms with Gasteiger partial charge in [-0.2, -0.15) is 0 Å². The molecule has 4 heteroatoms. The Bertz CT molecular complexity index is 465. The zero-order valence-corrected chi connectivity index (χ0v) is 14.3. The van der Waals surface area contributed by atoms with Crippen molar-refractivity contribution in [3.05, 3.63) is 29.8 Å². The quantitative estimate of drug-likeness (QED) is 0.322. The number of ketones is 1. The highest BCUT2D eigenvalue weighted by atomic mass is 16.5. The fourth-order valence-electron chi connectivity index (χ4n) is 2.23. The molecule has 0 spiro atoms. The number of hydrogen-bond acceptors (Lipinski definition) is 4. The van der Waals surface area contributed by atoms with Gasteiger partial charge in [0.15, 0.2) is 5.78 Å². The van der Waals surface area contributed by atoms with E-state index < -0.39 is 0 Å². The third kappa shape index (κ3) is 8.38. The summed E-state index contributed by atoms with van der Waals surface area (Å²) in [6, 6.07) is 7.24. The minimum Gasteiger partial charge on any atom is -0.494 e. The van der Waals surface area contributed by atoms with Crippen LogP contribution in [0.5, 0.6) is 5.75 Å². The molecule has 0 saturated carbocycles. The summed E-state index contributed by atoms with van der Waals surface area (Å²) in [6.07, 6.45) is 5.87. The summed E-state index contributed by atoms with van der Waals surface area (Å²) >= 11 is 0. The van der Waals surface area contributed by atoms with Crippen LogP contribution in [0.25, 0.3) is 0 Å². The number of unbranched alkanes of at least 4 members (excludes halogenated alkanes) is 3. The summed E-state index contributed by atoms with van der Waals surface area (Å²) in [7, 11) is 0. The summed E-state index contributed by atoms with van der Waals surface area (Å²) in [4.78, 5) is 23.3. The van der Waals surface area contributed by atoms with E-state index in [-0.39, 0.29) is 11.8 Å². The van der Waals surface area contributed by atoms with Crippen molar-refractivity contribution in [3.8, 4) is 5.75 Å². The molecule has 0 aliphatic heterocycles. The van der Waals surface area contributed by atoms with E-state index in [1.165, 1.54) is 19.3 Å². The first kappa shape index (κ1) is 19.2. The number of rotatable bonds is 12. The largest absolute Gasteiger partial charge is 0.494 e. The molecule has 0 bridgehead atoms. The molecular weight excluding hydrogens is 292 g/mol. The van der Waals surface area contributed by atoms with Crippen LogP contribution in [0.3, 0.4) is 0 Å². The molecule has 0 heterocycles. The molecule has 0 aliphatic carbocycles. The lowest BCUT2D eigenvalue weighted by Gasteiger charge is -2.07. The standard InChI is InChI=1S/C19H28O4/c1-3-5-6-7-15-23-17-13-11-16(12-14-17)18(20)9-8-10-19(21)22-4-2/h11-14H,3-10,15H2,1-2H3. The monoisotopic (exact) mass is 320 g/mol. The van der Waals surface area contributed by atoms with E-state index in [4.69, 9.17) is 9.47 Å². The predicted octanol–water partition coefficient (Wildman–Crippen LogP) is 4.56. The van der Waals surface area contributed by atoms with Crippen LogP contribution >= 0.6 is 0 Å². The smallest absolute Gasteiger partial charge is 0.305 e. The summed E-state index contributed by atoms with van der Waals surface area (Å²) in [5.41, 5.74) is 0.659. The van der Waals surface area contributed by atoms with Gasteiger partial charge in [0.1, 0.15) is 5.75 Å². The van der Waals surface area contributed by atoms with Gasteiger partial charge in [-0.15, -0.1) is 0 Å².